The first-order valence-corrected chi connectivity index (χ1v) is 11.6. The number of fused-ring (bicyclic) bond motifs is 1. The molecule has 30 heavy (non-hydrogen) atoms. The van der Waals surface area contributed by atoms with Crippen molar-refractivity contribution in [2.24, 2.45) is 0 Å². The minimum Gasteiger partial charge on any atom is -0.467 e. The lowest BCUT2D eigenvalue weighted by atomic mass is 10.2. The second-order valence-electron chi connectivity index (χ2n) is 6.45. The lowest BCUT2D eigenvalue weighted by Gasteiger charge is -2.20. The molecule has 2 heterocycles. The first-order valence-electron chi connectivity index (χ1n) is 9.12. The van der Waals surface area contributed by atoms with Crippen LogP contribution in [0.25, 0.3) is 10.2 Å². The SMILES string of the molecule is CCS(=O)(=O)c1ccccc1C(=O)N(Cc1ccco1)c1nc2c(F)cccc2s1. The number of halogens is 1. The van der Waals surface area contributed by atoms with E-state index in [-0.39, 0.29) is 33.4 Å². The average Bonchev–Trinajstić information content (AvgIpc) is 3.42. The van der Waals surface area contributed by atoms with Crippen LogP contribution in [0.5, 0.6) is 0 Å². The van der Waals surface area contributed by atoms with E-state index in [0.29, 0.717) is 10.5 Å². The maximum Gasteiger partial charge on any atom is 0.261 e. The van der Waals surface area contributed by atoms with Crippen LogP contribution in [0.15, 0.2) is 70.2 Å². The summed E-state index contributed by atoms with van der Waals surface area (Å²) in [6.07, 6.45) is 1.48. The highest BCUT2D eigenvalue weighted by molar-refractivity contribution is 7.91. The van der Waals surface area contributed by atoms with Crippen molar-refractivity contribution in [1.82, 2.24) is 4.98 Å². The Kier molecular flexibility index (Phi) is 5.40. The van der Waals surface area contributed by atoms with Gasteiger partial charge in [0.25, 0.3) is 5.91 Å². The topological polar surface area (TPSA) is 80.5 Å². The summed E-state index contributed by atoms with van der Waals surface area (Å²) in [5.74, 6) is -0.700. The number of aromatic nitrogens is 1. The number of nitrogens with zero attached hydrogens (tertiary/aromatic N) is 2. The van der Waals surface area contributed by atoms with Gasteiger partial charge in [-0.05, 0) is 36.4 Å². The van der Waals surface area contributed by atoms with E-state index >= 15 is 0 Å². The molecular weight excluding hydrogens is 427 g/mol. The third-order valence-corrected chi connectivity index (χ3v) is 7.39. The predicted octanol–water partition coefficient (Wildman–Crippen LogP) is 4.67. The lowest BCUT2D eigenvalue weighted by molar-refractivity contribution is 0.0980. The summed E-state index contributed by atoms with van der Waals surface area (Å²) in [7, 11) is -3.63. The highest BCUT2D eigenvalue weighted by Gasteiger charge is 2.28. The second kappa shape index (κ2) is 8.00. The molecule has 0 bridgehead atoms. The van der Waals surface area contributed by atoms with Crippen molar-refractivity contribution in [2.75, 3.05) is 10.7 Å². The van der Waals surface area contributed by atoms with Gasteiger partial charge in [0.05, 0.1) is 33.7 Å². The van der Waals surface area contributed by atoms with Crippen LogP contribution in [0.4, 0.5) is 9.52 Å². The van der Waals surface area contributed by atoms with Crippen molar-refractivity contribution in [3.8, 4) is 0 Å². The maximum absolute atomic E-state index is 14.2. The van der Waals surface area contributed by atoms with Gasteiger partial charge in [-0.25, -0.2) is 17.8 Å². The monoisotopic (exact) mass is 444 g/mol. The third kappa shape index (κ3) is 3.73. The summed E-state index contributed by atoms with van der Waals surface area (Å²) in [4.78, 5) is 19.1. The zero-order valence-corrected chi connectivity index (χ0v) is 17.5. The van der Waals surface area contributed by atoms with Crippen LogP contribution in [0, 0.1) is 5.82 Å². The Morgan fingerprint density at radius 1 is 1.13 bits per heavy atom. The standard InChI is InChI=1S/C21H17FN2O4S2/c1-2-30(26,27)18-11-4-3-8-15(18)20(25)24(13-14-7-6-12-28-14)21-23-19-16(22)9-5-10-17(19)29-21/h3-12H,2,13H2,1H3. The number of rotatable bonds is 6. The van der Waals surface area contributed by atoms with E-state index in [0.717, 1.165) is 11.3 Å². The summed E-state index contributed by atoms with van der Waals surface area (Å²) in [5.41, 5.74) is 0.190. The van der Waals surface area contributed by atoms with E-state index in [1.54, 1.807) is 36.4 Å². The van der Waals surface area contributed by atoms with Crippen molar-refractivity contribution < 1.29 is 22.0 Å². The van der Waals surface area contributed by atoms with E-state index in [1.165, 1.54) is 36.3 Å². The molecule has 0 atom stereocenters. The van der Waals surface area contributed by atoms with Crippen LogP contribution in [0.2, 0.25) is 0 Å². The van der Waals surface area contributed by atoms with Gasteiger partial charge < -0.3 is 4.42 Å². The van der Waals surface area contributed by atoms with E-state index in [1.807, 2.05) is 0 Å². The van der Waals surface area contributed by atoms with Crippen molar-refractivity contribution in [3.05, 3.63) is 78.0 Å². The molecule has 0 spiro atoms. The minimum atomic E-state index is -3.63. The number of furan rings is 1. The zero-order valence-electron chi connectivity index (χ0n) is 15.9. The van der Waals surface area contributed by atoms with Crippen molar-refractivity contribution in [2.45, 2.75) is 18.4 Å². The number of amides is 1. The smallest absolute Gasteiger partial charge is 0.261 e. The highest BCUT2D eigenvalue weighted by Crippen LogP contribution is 2.33. The summed E-state index contributed by atoms with van der Waals surface area (Å²) in [6, 6.07) is 14.0. The zero-order chi connectivity index (χ0) is 21.3. The Hall–Kier alpha value is -3.04. The Morgan fingerprint density at radius 3 is 2.63 bits per heavy atom. The molecule has 0 N–H and O–H groups in total. The predicted molar refractivity (Wildman–Crippen MR) is 113 cm³/mol. The molecule has 0 fully saturated rings. The minimum absolute atomic E-state index is 0.0216. The van der Waals surface area contributed by atoms with Gasteiger partial charge >= 0.3 is 0 Å². The molecule has 2 aromatic carbocycles. The number of benzene rings is 2. The number of carbonyl (C=O) groups excluding carboxylic acids is 1. The summed E-state index contributed by atoms with van der Waals surface area (Å²) < 4.78 is 45.2. The van der Waals surface area contributed by atoms with Gasteiger partial charge in [0, 0.05) is 0 Å². The molecule has 0 saturated carbocycles. The van der Waals surface area contributed by atoms with Gasteiger partial charge in [-0.1, -0.05) is 36.5 Å². The molecule has 4 rings (SSSR count). The molecule has 2 aromatic heterocycles. The Labute approximate surface area is 176 Å². The van der Waals surface area contributed by atoms with Crippen LogP contribution < -0.4 is 4.90 Å². The lowest BCUT2D eigenvalue weighted by Crippen LogP contribution is -2.31. The maximum atomic E-state index is 14.2. The molecule has 0 aliphatic carbocycles. The number of thiazole rings is 1. The first-order chi connectivity index (χ1) is 14.4. The molecule has 0 unspecified atom stereocenters. The van der Waals surface area contributed by atoms with Gasteiger partial charge in [-0.15, -0.1) is 0 Å². The van der Waals surface area contributed by atoms with Crippen molar-refractivity contribution in [3.63, 3.8) is 0 Å². The molecule has 0 aliphatic rings. The number of anilines is 1. The number of para-hydroxylation sites is 1. The summed E-state index contributed by atoms with van der Waals surface area (Å²) >= 11 is 1.15. The molecule has 0 radical (unpaired) electrons. The normalized spacial score (nSPS) is 11.7. The van der Waals surface area contributed by atoms with Crippen LogP contribution >= 0.6 is 11.3 Å². The van der Waals surface area contributed by atoms with Crippen molar-refractivity contribution >= 4 is 42.4 Å². The Balaban J connectivity index is 1.85. The van der Waals surface area contributed by atoms with Crippen LogP contribution in [0.1, 0.15) is 23.0 Å². The Morgan fingerprint density at radius 2 is 1.93 bits per heavy atom. The second-order valence-corrected chi connectivity index (χ2v) is 9.71. The van der Waals surface area contributed by atoms with Gasteiger partial charge in [0.2, 0.25) is 0 Å². The fraction of sp³-hybridized carbons (Fsp3) is 0.143. The fourth-order valence-corrected chi connectivity index (χ4v) is 5.08. The molecule has 4 aromatic rings. The summed E-state index contributed by atoms with van der Waals surface area (Å²) in [6.45, 7) is 1.54. The highest BCUT2D eigenvalue weighted by atomic mass is 32.2. The number of hydrogen-bond donors (Lipinski definition) is 0. The molecular formula is C21H17FN2O4S2. The number of carbonyl (C=O) groups is 1. The summed E-state index contributed by atoms with van der Waals surface area (Å²) in [5, 5.41) is 0.250. The molecule has 9 heteroatoms. The molecule has 154 valence electrons. The number of sulfone groups is 1. The number of hydrogen-bond acceptors (Lipinski definition) is 6. The van der Waals surface area contributed by atoms with Crippen LogP contribution in [-0.4, -0.2) is 25.1 Å². The largest absolute Gasteiger partial charge is 0.467 e. The molecule has 1 amide bonds. The first kappa shape index (κ1) is 20.2. The van der Waals surface area contributed by atoms with Gasteiger partial charge in [-0.2, -0.15) is 0 Å². The van der Waals surface area contributed by atoms with Gasteiger partial charge in [0.15, 0.2) is 15.0 Å². The quantitative estimate of drug-likeness (QED) is 0.432. The van der Waals surface area contributed by atoms with E-state index in [4.69, 9.17) is 4.42 Å². The Bertz CT molecular complexity index is 1310. The fourth-order valence-electron chi connectivity index (χ4n) is 3.02. The van der Waals surface area contributed by atoms with E-state index in [9.17, 15) is 17.6 Å². The van der Waals surface area contributed by atoms with E-state index in [2.05, 4.69) is 4.98 Å². The van der Waals surface area contributed by atoms with Crippen molar-refractivity contribution in [1.29, 1.82) is 0 Å². The van der Waals surface area contributed by atoms with E-state index < -0.39 is 21.6 Å². The third-order valence-electron chi connectivity index (χ3n) is 4.56. The van der Waals surface area contributed by atoms with Gasteiger partial charge in [0.1, 0.15) is 17.1 Å². The van der Waals surface area contributed by atoms with Gasteiger partial charge in [-0.3, -0.25) is 9.69 Å². The molecule has 6 nitrogen and oxygen atoms in total. The molecule has 0 saturated heterocycles. The average molecular weight is 445 g/mol. The van der Waals surface area contributed by atoms with Crippen LogP contribution in [0.3, 0.4) is 0 Å². The van der Waals surface area contributed by atoms with Crippen LogP contribution in [-0.2, 0) is 16.4 Å². The molecule has 0 aliphatic heterocycles.